The highest BCUT2D eigenvalue weighted by Gasteiger charge is 2.37. The van der Waals surface area contributed by atoms with Gasteiger partial charge in [0.1, 0.15) is 0 Å². The van der Waals surface area contributed by atoms with Gasteiger partial charge >= 0.3 is 0 Å². The molecule has 49 heavy (non-hydrogen) atoms. The monoisotopic (exact) mass is 629 g/mol. The van der Waals surface area contributed by atoms with Crippen LogP contribution >= 0.6 is 0 Å². The zero-order valence-electron chi connectivity index (χ0n) is 29.0. The van der Waals surface area contributed by atoms with Gasteiger partial charge in [0.05, 0.1) is 0 Å². The molecule has 0 spiro atoms. The highest BCUT2D eigenvalue weighted by atomic mass is 14.7. The van der Waals surface area contributed by atoms with Crippen LogP contribution in [0.4, 0.5) is 0 Å². The van der Waals surface area contributed by atoms with Gasteiger partial charge in [0.2, 0.25) is 0 Å². The standard InChI is InChI=1S/C48H39N/c1-27-28(2)49-44-26-39-38(25-37(27)44)45(29-19-21-33-31-13-9-11-17-40(31)47(3,4)42(33)23-29)35-15-7-8-16-36(35)46(39)30-20-22-34-32-14-10-12-18-41(32)48(5,6)43(34)24-30/h7-26,49H,1-6H3. The lowest BCUT2D eigenvalue weighted by atomic mass is 9.79. The van der Waals surface area contributed by atoms with Crippen LogP contribution < -0.4 is 0 Å². The van der Waals surface area contributed by atoms with E-state index >= 15 is 0 Å². The third-order valence-electron chi connectivity index (χ3n) is 12.2. The van der Waals surface area contributed by atoms with E-state index in [1.54, 1.807) is 0 Å². The number of rotatable bonds is 2. The summed E-state index contributed by atoms with van der Waals surface area (Å²) >= 11 is 0. The molecule has 1 heteroatoms. The Morgan fingerprint density at radius 2 is 0.857 bits per heavy atom. The first-order chi connectivity index (χ1) is 23.6. The molecule has 236 valence electrons. The van der Waals surface area contributed by atoms with Gasteiger partial charge in [-0.2, -0.15) is 0 Å². The van der Waals surface area contributed by atoms with Gasteiger partial charge in [-0.1, -0.05) is 125 Å². The van der Waals surface area contributed by atoms with Crippen molar-refractivity contribution >= 4 is 32.4 Å². The van der Waals surface area contributed by atoms with Crippen molar-refractivity contribution in [3.05, 3.63) is 155 Å². The summed E-state index contributed by atoms with van der Waals surface area (Å²) in [5.74, 6) is 0. The minimum atomic E-state index is -0.0662. The van der Waals surface area contributed by atoms with Crippen LogP contribution in [0.3, 0.4) is 0 Å². The number of hydrogen-bond donors (Lipinski definition) is 1. The van der Waals surface area contributed by atoms with Crippen molar-refractivity contribution < 1.29 is 0 Å². The molecule has 1 N–H and O–H groups in total. The first-order valence-corrected chi connectivity index (χ1v) is 17.6. The lowest BCUT2D eigenvalue weighted by Gasteiger charge is -2.24. The van der Waals surface area contributed by atoms with Gasteiger partial charge < -0.3 is 4.98 Å². The van der Waals surface area contributed by atoms with E-state index in [1.807, 2.05) is 0 Å². The molecule has 0 saturated carbocycles. The number of aromatic nitrogens is 1. The van der Waals surface area contributed by atoms with E-state index in [1.165, 1.54) is 110 Å². The highest BCUT2D eigenvalue weighted by molar-refractivity contribution is 6.23. The SMILES string of the molecule is Cc1[nH]c2cc3c(-c4ccc5c(c4)C(C)(C)c4ccccc4-5)c4ccccc4c(-c4ccc5c(c4)C(C)(C)c4ccccc4-5)c3cc2c1C. The predicted octanol–water partition coefficient (Wildman–Crippen LogP) is 13.0. The van der Waals surface area contributed by atoms with Crippen LogP contribution in [0.25, 0.3) is 77.0 Å². The fraction of sp³-hybridized carbons (Fsp3) is 0.167. The fourth-order valence-corrected chi connectivity index (χ4v) is 9.48. The van der Waals surface area contributed by atoms with E-state index in [0.717, 1.165) is 0 Å². The van der Waals surface area contributed by atoms with E-state index in [0.29, 0.717) is 0 Å². The van der Waals surface area contributed by atoms with Crippen molar-refractivity contribution in [2.24, 2.45) is 0 Å². The number of nitrogens with one attached hydrogen (secondary N) is 1. The van der Waals surface area contributed by atoms with E-state index < -0.39 is 0 Å². The van der Waals surface area contributed by atoms with Crippen LogP contribution in [-0.4, -0.2) is 4.98 Å². The molecule has 1 aromatic heterocycles. The van der Waals surface area contributed by atoms with Crippen LogP contribution in [-0.2, 0) is 10.8 Å². The Morgan fingerprint density at radius 1 is 0.408 bits per heavy atom. The van der Waals surface area contributed by atoms with E-state index in [-0.39, 0.29) is 10.8 Å². The second kappa shape index (κ2) is 9.61. The highest BCUT2D eigenvalue weighted by Crippen LogP contribution is 2.53. The molecule has 2 aliphatic carbocycles. The van der Waals surface area contributed by atoms with Crippen LogP contribution in [0, 0.1) is 13.8 Å². The first-order valence-electron chi connectivity index (χ1n) is 17.6. The summed E-state index contributed by atoms with van der Waals surface area (Å²) in [7, 11) is 0. The smallest absolute Gasteiger partial charge is 0.0465 e. The van der Waals surface area contributed by atoms with Crippen LogP contribution in [0.2, 0.25) is 0 Å². The minimum absolute atomic E-state index is 0.0656. The second-order valence-corrected chi connectivity index (χ2v) is 15.5. The van der Waals surface area contributed by atoms with Gasteiger partial charge in [-0.05, 0) is 132 Å². The van der Waals surface area contributed by atoms with Gasteiger partial charge in [0.15, 0.2) is 0 Å². The summed E-state index contributed by atoms with van der Waals surface area (Å²) in [5, 5.41) is 6.48. The maximum atomic E-state index is 3.73. The van der Waals surface area contributed by atoms with Crippen molar-refractivity contribution in [3.8, 4) is 44.5 Å². The molecule has 0 radical (unpaired) electrons. The predicted molar refractivity (Wildman–Crippen MR) is 209 cm³/mol. The molecule has 1 heterocycles. The summed E-state index contributed by atoms with van der Waals surface area (Å²) < 4.78 is 0. The van der Waals surface area contributed by atoms with E-state index in [9.17, 15) is 0 Å². The average molecular weight is 630 g/mol. The molecular weight excluding hydrogens is 591 g/mol. The van der Waals surface area contributed by atoms with Gasteiger partial charge in [-0.25, -0.2) is 0 Å². The van der Waals surface area contributed by atoms with E-state index in [4.69, 9.17) is 0 Å². The van der Waals surface area contributed by atoms with Crippen LogP contribution in [0.1, 0.15) is 61.2 Å². The number of H-pyrrole nitrogens is 1. The third kappa shape index (κ3) is 3.71. The summed E-state index contributed by atoms with van der Waals surface area (Å²) in [6.45, 7) is 14.0. The summed E-state index contributed by atoms with van der Waals surface area (Å²) in [6.07, 6.45) is 0. The zero-order valence-corrected chi connectivity index (χ0v) is 29.0. The molecule has 2 aliphatic rings. The molecule has 7 aromatic carbocycles. The molecule has 1 nitrogen and oxygen atoms in total. The maximum Gasteiger partial charge on any atom is 0.0465 e. The van der Waals surface area contributed by atoms with Crippen molar-refractivity contribution in [3.63, 3.8) is 0 Å². The van der Waals surface area contributed by atoms with Gasteiger partial charge in [0.25, 0.3) is 0 Å². The minimum Gasteiger partial charge on any atom is -0.358 e. The van der Waals surface area contributed by atoms with Crippen molar-refractivity contribution in [2.75, 3.05) is 0 Å². The van der Waals surface area contributed by atoms with Gasteiger partial charge in [0, 0.05) is 27.4 Å². The Balaban J connectivity index is 1.30. The normalized spacial score (nSPS) is 15.1. The average Bonchev–Trinajstić information content (AvgIpc) is 3.62. The lowest BCUT2D eigenvalue weighted by Crippen LogP contribution is -2.15. The van der Waals surface area contributed by atoms with Crippen molar-refractivity contribution in [1.82, 2.24) is 4.98 Å². The van der Waals surface area contributed by atoms with Crippen LogP contribution in [0.5, 0.6) is 0 Å². The van der Waals surface area contributed by atoms with Gasteiger partial charge in [-0.15, -0.1) is 0 Å². The Morgan fingerprint density at radius 3 is 1.39 bits per heavy atom. The largest absolute Gasteiger partial charge is 0.358 e. The lowest BCUT2D eigenvalue weighted by molar-refractivity contribution is 0.660. The molecule has 0 amide bonds. The Labute approximate surface area is 288 Å². The Bertz CT molecular complexity index is 2730. The molecule has 0 saturated heterocycles. The molecule has 8 aromatic rings. The summed E-state index contributed by atoms with van der Waals surface area (Å²) in [6, 6.07) is 46.3. The summed E-state index contributed by atoms with van der Waals surface area (Å²) in [5.41, 5.74) is 19.9. The molecule has 0 atom stereocenters. The number of hydrogen-bond acceptors (Lipinski definition) is 0. The van der Waals surface area contributed by atoms with Crippen LogP contribution in [0.15, 0.2) is 121 Å². The molecule has 0 bridgehead atoms. The quantitative estimate of drug-likeness (QED) is 0.183. The first kappa shape index (κ1) is 28.6. The Hall–Kier alpha value is -5.40. The molecule has 0 aliphatic heterocycles. The zero-order chi connectivity index (χ0) is 33.4. The molecule has 0 unspecified atom stereocenters. The van der Waals surface area contributed by atoms with Gasteiger partial charge in [-0.3, -0.25) is 0 Å². The molecule has 10 rings (SSSR count). The second-order valence-electron chi connectivity index (χ2n) is 15.5. The molecule has 0 fully saturated rings. The molecular formula is C48H39N. The number of fused-ring (bicyclic) bond motifs is 9. The fourth-order valence-electron chi connectivity index (χ4n) is 9.48. The number of aromatic amines is 1. The Kier molecular flexibility index (Phi) is 5.61. The topological polar surface area (TPSA) is 15.8 Å². The third-order valence-corrected chi connectivity index (χ3v) is 12.2. The maximum absolute atomic E-state index is 3.73. The van der Waals surface area contributed by atoms with Crippen molar-refractivity contribution in [1.29, 1.82) is 0 Å². The number of aryl methyl sites for hydroxylation is 2. The van der Waals surface area contributed by atoms with E-state index in [2.05, 4.69) is 168 Å². The summed E-state index contributed by atoms with van der Waals surface area (Å²) in [4.78, 5) is 3.73. The van der Waals surface area contributed by atoms with Crippen molar-refractivity contribution in [2.45, 2.75) is 52.4 Å². The number of benzene rings is 7.